The number of piperidine rings is 1. The van der Waals surface area contributed by atoms with Crippen LogP contribution in [0.4, 0.5) is 4.39 Å². The zero-order valence-electron chi connectivity index (χ0n) is 13.6. The van der Waals surface area contributed by atoms with Gasteiger partial charge in [-0.05, 0) is 55.2 Å². The van der Waals surface area contributed by atoms with E-state index in [-0.39, 0.29) is 21.7 Å². The second-order valence-corrected chi connectivity index (χ2v) is 8.36. The fourth-order valence-electron chi connectivity index (χ4n) is 2.85. The Hall–Kier alpha value is -1.63. The normalized spacial score (nSPS) is 16.7. The van der Waals surface area contributed by atoms with Crippen LogP contribution in [0.1, 0.15) is 12.8 Å². The molecule has 1 heterocycles. The fraction of sp³-hybridized carbons (Fsp3) is 0.333. The lowest BCUT2D eigenvalue weighted by atomic mass is 9.99. The highest BCUT2D eigenvalue weighted by molar-refractivity contribution is 7.89. The van der Waals surface area contributed by atoms with Gasteiger partial charge in [0, 0.05) is 13.1 Å². The Morgan fingerprint density at radius 1 is 1.08 bits per heavy atom. The molecule has 1 aliphatic heterocycles. The lowest BCUT2D eigenvalue weighted by Crippen LogP contribution is -2.39. The third-order valence-electron chi connectivity index (χ3n) is 4.33. The first-order valence-electron chi connectivity index (χ1n) is 8.10. The Balaban J connectivity index is 1.56. The van der Waals surface area contributed by atoms with Crippen LogP contribution < -0.4 is 4.74 Å². The summed E-state index contributed by atoms with van der Waals surface area (Å²) in [4.78, 5) is 0.151. The van der Waals surface area contributed by atoms with Crippen molar-refractivity contribution in [2.75, 3.05) is 19.7 Å². The molecule has 0 aliphatic carbocycles. The average molecular weight is 384 g/mol. The second kappa shape index (κ2) is 7.72. The van der Waals surface area contributed by atoms with Crippen molar-refractivity contribution in [3.8, 4) is 5.75 Å². The summed E-state index contributed by atoms with van der Waals surface area (Å²) in [6.07, 6.45) is 1.43. The summed E-state index contributed by atoms with van der Waals surface area (Å²) in [7, 11) is -3.57. The molecular formula is C18H19ClFNO3S. The van der Waals surface area contributed by atoms with Crippen LogP contribution >= 0.6 is 11.6 Å². The number of sulfonamides is 1. The number of ether oxygens (including phenoxy) is 1. The maximum absolute atomic E-state index is 12.9. The average Bonchev–Trinajstić information content (AvgIpc) is 2.62. The molecule has 0 N–H and O–H groups in total. The smallest absolute Gasteiger partial charge is 0.244 e. The van der Waals surface area contributed by atoms with Crippen molar-refractivity contribution in [2.45, 2.75) is 17.7 Å². The molecule has 2 aromatic carbocycles. The molecule has 3 rings (SSSR count). The van der Waals surface area contributed by atoms with Gasteiger partial charge in [0.15, 0.2) is 0 Å². The van der Waals surface area contributed by atoms with Crippen molar-refractivity contribution in [3.05, 3.63) is 59.4 Å². The van der Waals surface area contributed by atoms with E-state index in [1.807, 2.05) is 0 Å². The summed E-state index contributed by atoms with van der Waals surface area (Å²) in [6, 6.07) is 12.4. The molecule has 0 bridgehead atoms. The number of nitrogens with zero attached hydrogens (tertiary/aromatic N) is 1. The molecule has 134 valence electrons. The molecule has 0 unspecified atom stereocenters. The Labute approximate surface area is 152 Å². The van der Waals surface area contributed by atoms with Crippen LogP contribution in [0.3, 0.4) is 0 Å². The predicted molar refractivity (Wildman–Crippen MR) is 94.8 cm³/mol. The fourth-order valence-corrected chi connectivity index (χ4v) is 4.82. The summed E-state index contributed by atoms with van der Waals surface area (Å²) >= 11 is 6.03. The summed E-state index contributed by atoms with van der Waals surface area (Å²) in [6.45, 7) is 1.36. The van der Waals surface area contributed by atoms with Gasteiger partial charge in [-0.15, -0.1) is 0 Å². The lowest BCUT2D eigenvalue weighted by molar-refractivity contribution is 0.185. The zero-order chi connectivity index (χ0) is 17.9. The van der Waals surface area contributed by atoms with Crippen LogP contribution in [-0.4, -0.2) is 32.4 Å². The Kier molecular flexibility index (Phi) is 5.61. The quantitative estimate of drug-likeness (QED) is 0.785. The van der Waals surface area contributed by atoms with Gasteiger partial charge < -0.3 is 4.74 Å². The van der Waals surface area contributed by atoms with E-state index >= 15 is 0 Å². The molecule has 0 aromatic heterocycles. The molecule has 2 aromatic rings. The van der Waals surface area contributed by atoms with Gasteiger partial charge in [-0.2, -0.15) is 4.31 Å². The van der Waals surface area contributed by atoms with Crippen LogP contribution in [0, 0.1) is 11.7 Å². The molecule has 0 atom stereocenters. The van der Waals surface area contributed by atoms with E-state index < -0.39 is 10.0 Å². The maximum atomic E-state index is 12.9. The minimum absolute atomic E-state index is 0.151. The highest BCUT2D eigenvalue weighted by Gasteiger charge is 2.30. The molecule has 25 heavy (non-hydrogen) atoms. The Morgan fingerprint density at radius 3 is 2.36 bits per heavy atom. The van der Waals surface area contributed by atoms with Gasteiger partial charge in [-0.25, -0.2) is 12.8 Å². The number of hydrogen-bond donors (Lipinski definition) is 0. The van der Waals surface area contributed by atoms with E-state index in [1.54, 1.807) is 30.3 Å². The molecule has 0 radical (unpaired) electrons. The van der Waals surface area contributed by atoms with Crippen molar-refractivity contribution in [3.63, 3.8) is 0 Å². The summed E-state index contributed by atoms with van der Waals surface area (Å²) in [5.41, 5.74) is 0. The van der Waals surface area contributed by atoms with Gasteiger partial charge in [0.1, 0.15) is 16.5 Å². The van der Waals surface area contributed by atoms with Crippen molar-refractivity contribution < 1.29 is 17.5 Å². The summed E-state index contributed by atoms with van der Waals surface area (Å²) < 4.78 is 45.4. The van der Waals surface area contributed by atoms with Crippen LogP contribution in [0.5, 0.6) is 5.75 Å². The van der Waals surface area contributed by atoms with Gasteiger partial charge in [0.25, 0.3) is 0 Å². The lowest BCUT2D eigenvalue weighted by Gasteiger charge is -2.31. The molecule has 1 fully saturated rings. The SMILES string of the molecule is O=S(=O)(c1ccccc1Cl)N1CCC(COc2ccc(F)cc2)CC1. The second-order valence-electron chi connectivity index (χ2n) is 6.04. The highest BCUT2D eigenvalue weighted by atomic mass is 35.5. The third kappa shape index (κ3) is 4.32. The third-order valence-corrected chi connectivity index (χ3v) is 6.73. The van der Waals surface area contributed by atoms with E-state index in [0.29, 0.717) is 38.3 Å². The van der Waals surface area contributed by atoms with Crippen molar-refractivity contribution >= 4 is 21.6 Å². The van der Waals surface area contributed by atoms with Crippen molar-refractivity contribution in [1.82, 2.24) is 4.31 Å². The largest absolute Gasteiger partial charge is 0.493 e. The van der Waals surface area contributed by atoms with Crippen molar-refractivity contribution in [1.29, 1.82) is 0 Å². The Morgan fingerprint density at radius 2 is 1.72 bits per heavy atom. The topological polar surface area (TPSA) is 46.6 Å². The van der Waals surface area contributed by atoms with Crippen LogP contribution in [0.25, 0.3) is 0 Å². The van der Waals surface area contributed by atoms with E-state index in [9.17, 15) is 12.8 Å². The van der Waals surface area contributed by atoms with Crippen LogP contribution in [0.15, 0.2) is 53.4 Å². The van der Waals surface area contributed by atoms with Gasteiger partial charge in [-0.3, -0.25) is 0 Å². The van der Waals surface area contributed by atoms with Gasteiger partial charge in [0.05, 0.1) is 11.6 Å². The number of rotatable bonds is 5. The summed E-state index contributed by atoms with van der Waals surface area (Å²) in [5.74, 6) is 0.584. The number of hydrogen-bond acceptors (Lipinski definition) is 3. The van der Waals surface area contributed by atoms with E-state index in [1.165, 1.54) is 22.5 Å². The Bertz CT molecular complexity index is 818. The monoisotopic (exact) mass is 383 g/mol. The first kappa shape index (κ1) is 18.2. The van der Waals surface area contributed by atoms with Gasteiger partial charge in [0.2, 0.25) is 10.0 Å². The molecule has 0 spiro atoms. The van der Waals surface area contributed by atoms with E-state index in [4.69, 9.17) is 16.3 Å². The zero-order valence-corrected chi connectivity index (χ0v) is 15.1. The van der Waals surface area contributed by atoms with E-state index in [0.717, 1.165) is 0 Å². The van der Waals surface area contributed by atoms with Gasteiger partial charge in [-0.1, -0.05) is 23.7 Å². The summed E-state index contributed by atoms with van der Waals surface area (Å²) in [5, 5.41) is 0.240. The predicted octanol–water partition coefficient (Wildman–Crippen LogP) is 3.96. The molecular weight excluding hydrogens is 365 g/mol. The standard InChI is InChI=1S/C18H19ClFNO3S/c19-17-3-1-2-4-18(17)25(22,23)21-11-9-14(10-12-21)13-24-16-7-5-15(20)6-8-16/h1-8,14H,9-13H2. The molecule has 0 amide bonds. The first-order chi connectivity index (χ1) is 12.0. The van der Waals surface area contributed by atoms with Crippen LogP contribution in [-0.2, 0) is 10.0 Å². The molecule has 4 nitrogen and oxygen atoms in total. The first-order valence-corrected chi connectivity index (χ1v) is 9.91. The maximum Gasteiger partial charge on any atom is 0.244 e. The van der Waals surface area contributed by atoms with Crippen molar-refractivity contribution in [2.24, 2.45) is 5.92 Å². The molecule has 7 heteroatoms. The molecule has 0 saturated carbocycles. The minimum atomic E-state index is -3.57. The number of halogens is 2. The highest BCUT2D eigenvalue weighted by Crippen LogP contribution is 2.28. The molecule has 1 saturated heterocycles. The van der Waals surface area contributed by atoms with Crippen LogP contribution in [0.2, 0.25) is 5.02 Å². The molecule has 1 aliphatic rings. The van der Waals surface area contributed by atoms with E-state index in [2.05, 4.69) is 0 Å². The minimum Gasteiger partial charge on any atom is -0.493 e. The number of benzene rings is 2. The van der Waals surface area contributed by atoms with Gasteiger partial charge >= 0.3 is 0 Å².